The monoisotopic (exact) mass is 294 g/mol. The SMILES string of the molecule is Clc1ccc2c3c(oc2c1)=C(Br)CC=CC=3. The Morgan fingerprint density at radius 1 is 1.31 bits per heavy atom. The predicted octanol–water partition coefficient (Wildman–Crippen LogP) is 3.33. The maximum atomic E-state index is 5.95. The second-order valence-electron chi connectivity index (χ2n) is 3.69. The number of benzene rings is 1. The van der Waals surface area contributed by atoms with Crippen molar-refractivity contribution >= 4 is 49.1 Å². The first kappa shape index (κ1) is 10.2. The van der Waals surface area contributed by atoms with E-state index < -0.39 is 0 Å². The molecule has 3 heteroatoms. The predicted molar refractivity (Wildman–Crippen MR) is 71.0 cm³/mol. The summed E-state index contributed by atoms with van der Waals surface area (Å²) in [6.45, 7) is 0. The average Bonchev–Trinajstić information content (AvgIpc) is 2.52. The van der Waals surface area contributed by atoms with Crippen LogP contribution in [0.25, 0.3) is 21.5 Å². The number of halogens is 2. The molecule has 1 aromatic heterocycles. The van der Waals surface area contributed by atoms with Crippen LogP contribution >= 0.6 is 27.5 Å². The minimum absolute atomic E-state index is 0.697. The van der Waals surface area contributed by atoms with Gasteiger partial charge in [-0.15, -0.1) is 0 Å². The van der Waals surface area contributed by atoms with E-state index in [-0.39, 0.29) is 0 Å². The van der Waals surface area contributed by atoms with Crippen LogP contribution in [0.1, 0.15) is 6.42 Å². The first-order chi connectivity index (χ1) is 7.75. The molecule has 0 amide bonds. The molecule has 0 unspecified atom stereocenters. The van der Waals surface area contributed by atoms with Gasteiger partial charge in [0.25, 0.3) is 0 Å². The largest absolute Gasteiger partial charge is 0.455 e. The van der Waals surface area contributed by atoms with Crippen LogP contribution in [0.3, 0.4) is 0 Å². The zero-order valence-corrected chi connectivity index (χ0v) is 10.7. The second kappa shape index (κ2) is 3.79. The van der Waals surface area contributed by atoms with E-state index in [4.69, 9.17) is 16.0 Å². The molecular formula is C13H8BrClO. The third kappa shape index (κ3) is 1.53. The number of allylic oxidation sites excluding steroid dienone is 2. The fourth-order valence-electron chi connectivity index (χ4n) is 1.89. The van der Waals surface area contributed by atoms with Gasteiger partial charge in [-0.2, -0.15) is 0 Å². The molecule has 1 aliphatic rings. The normalized spacial score (nSPS) is 14.8. The van der Waals surface area contributed by atoms with Gasteiger partial charge < -0.3 is 4.42 Å². The molecule has 1 aliphatic carbocycles. The second-order valence-corrected chi connectivity index (χ2v) is 5.08. The van der Waals surface area contributed by atoms with Gasteiger partial charge in [0.1, 0.15) is 11.0 Å². The molecular weight excluding hydrogens is 287 g/mol. The van der Waals surface area contributed by atoms with Crippen LogP contribution in [-0.4, -0.2) is 0 Å². The van der Waals surface area contributed by atoms with E-state index in [1.54, 1.807) is 0 Å². The lowest BCUT2D eigenvalue weighted by Crippen LogP contribution is -2.20. The summed E-state index contributed by atoms with van der Waals surface area (Å²) < 4.78 is 6.89. The van der Waals surface area contributed by atoms with Crippen molar-refractivity contribution in [3.63, 3.8) is 0 Å². The van der Waals surface area contributed by atoms with E-state index in [1.165, 1.54) is 0 Å². The van der Waals surface area contributed by atoms with Crippen molar-refractivity contribution in [1.82, 2.24) is 0 Å². The molecule has 0 radical (unpaired) electrons. The third-order valence-electron chi connectivity index (χ3n) is 2.63. The molecule has 0 N–H and O–H groups in total. The van der Waals surface area contributed by atoms with Crippen molar-refractivity contribution in [3.05, 3.63) is 46.0 Å². The molecule has 0 spiro atoms. The van der Waals surface area contributed by atoms with Crippen LogP contribution < -0.4 is 10.6 Å². The Labute approximate surface area is 106 Å². The Kier molecular flexibility index (Phi) is 2.41. The molecule has 0 aliphatic heterocycles. The van der Waals surface area contributed by atoms with Crippen LogP contribution in [0.4, 0.5) is 0 Å². The lowest BCUT2D eigenvalue weighted by Gasteiger charge is -1.89. The summed E-state index contributed by atoms with van der Waals surface area (Å²) in [7, 11) is 0. The van der Waals surface area contributed by atoms with Crippen molar-refractivity contribution in [1.29, 1.82) is 0 Å². The van der Waals surface area contributed by atoms with Crippen molar-refractivity contribution in [2.75, 3.05) is 0 Å². The fourth-order valence-corrected chi connectivity index (χ4v) is 2.53. The van der Waals surface area contributed by atoms with E-state index in [0.29, 0.717) is 5.02 Å². The smallest absolute Gasteiger partial charge is 0.145 e. The summed E-state index contributed by atoms with van der Waals surface area (Å²) >= 11 is 9.50. The van der Waals surface area contributed by atoms with Gasteiger partial charge in [-0.25, -0.2) is 0 Å². The molecule has 0 atom stereocenters. The zero-order valence-electron chi connectivity index (χ0n) is 8.34. The third-order valence-corrected chi connectivity index (χ3v) is 3.55. The number of rotatable bonds is 0. The zero-order chi connectivity index (χ0) is 11.1. The molecule has 16 heavy (non-hydrogen) atoms. The van der Waals surface area contributed by atoms with Crippen molar-refractivity contribution in [2.24, 2.45) is 0 Å². The van der Waals surface area contributed by atoms with Gasteiger partial charge in [0.05, 0.1) is 0 Å². The average molecular weight is 296 g/mol. The van der Waals surface area contributed by atoms with Crippen LogP contribution in [0, 0.1) is 0 Å². The first-order valence-corrected chi connectivity index (χ1v) is 6.16. The molecule has 0 fully saturated rings. The van der Waals surface area contributed by atoms with Crippen LogP contribution in [0.2, 0.25) is 5.02 Å². The Morgan fingerprint density at radius 3 is 3.06 bits per heavy atom. The Morgan fingerprint density at radius 2 is 2.19 bits per heavy atom. The maximum Gasteiger partial charge on any atom is 0.145 e. The fraction of sp³-hybridized carbons (Fsp3) is 0.0769. The molecule has 2 aromatic rings. The molecule has 0 bridgehead atoms. The highest BCUT2D eigenvalue weighted by atomic mass is 79.9. The van der Waals surface area contributed by atoms with Crippen LogP contribution in [0.5, 0.6) is 0 Å². The van der Waals surface area contributed by atoms with Gasteiger partial charge in [0.2, 0.25) is 0 Å². The minimum Gasteiger partial charge on any atom is -0.455 e. The van der Waals surface area contributed by atoms with E-state index in [0.717, 1.165) is 32.5 Å². The van der Waals surface area contributed by atoms with Gasteiger partial charge in [0.15, 0.2) is 0 Å². The van der Waals surface area contributed by atoms with Gasteiger partial charge in [0, 0.05) is 32.6 Å². The quantitative estimate of drug-likeness (QED) is 0.726. The summed E-state index contributed by atoms with van der Waals surface area (Å²) in [5.74, 6) is 0. The summed E-state index contributed by atoms with van der Waals surface area (Å²) in [6, 6.07) is 5.73. The Bertz CT molecular complexity index is 709. The van der Waals surface area contributed by atoms with Crippen molar-refractivity contribution in [2.45, 2.75) is 6.42 Å². The first-order valence-electron chi connectivity index (χ1n) is 4.99. The van der Waals surface area contributed by atoms with Gasteiger partial charge in [-0.1, -0.05) is 45.8 Å². The standard InChI is InChI=1S/C13H8BrClO/c14-11-4-2-1-3-10-9-6-5-8(15)7-12(9)16-13(10)11/h1-3,5-7H,4H2. The summed E-state index contributed by atoms with van der Waals surface area (Å²) in [5.41, 5.74) is 1.74. The maximum absolute atomic E-state index is 5.95. The highest BCUT2D eigenvalue weighted by Gasteiger charge is 2.07. The highest BCUT2D eigenvalue weighted by molar-refractivity contribution is 9.14. The number of hydrogen-bond acceptors (Lipinski definition) is 1. The van der Waals surface area contributed by atoms with E-state index in [1.807, 2.05) is 18.2 Å². The van der Waals surface area contributed by atoms with Gasteiger partial charge >= 0.3 is 0 Å². The van der Waals surface area contributed by atoms with E-state index in [9.17, 15) is 0 Å². The Balaban J connectivity index is 2.57. The van der Waals surface area contributed by atoms with Crippen molar-refractivity contribution in [3.8, 4) is 0 Å². The highest BCUT2D eigenvalue weighted by Crippen LogP contribution is 2.18. The van der Waals surface area contributed by atoms with E-state index in [2.05, 4.69) is 34.2 Å². The lowest BCUT2D eigenvalue weighted by molar-refractivity contribution is 0.573. The molecule has 1 nitrogen and oxygen atoms in total. The van der Waals surface area contributed by atoms with Crippen molar-refractivity contribution < 1.29 is 4.42 Å². The Hall–Kier alpha value is -0.990. The lowest BCUT2D eigenvalue weighted by atomic mass is 10.2. The molecule has 1 heterocycles. The number of fused-ring (bicyclic) bond motifs is 3. The molecule has 3 rings (SSSR count). The topological polar surface area (TPSA) is 13.1 Å². The van der Waals surface area contributed by atoms with Crippen LogP contribution in [-0.2, 0) is 0 Å². The van der Waals surface area contributed by atoms with Crippen LogP contribution in [0.15, 0.2) is 34.8 Å². The number of furan rings is 1. The van der Waals surface area contributed by atoms with Gasteiger partial charge in [-0.05, 0) is 12.1 Å². The number of hydrogen-bond donors (Lipinski definition) is 0. The summed E-state index contributed by atoms with van der Waals surface area (Å²) in [6.07, 6.45) is 7.08. The molecule has 0 saturated heterocycles. The molecule has 80 valence electrons. The summed E-state index contributed by atoms with van der Waals surface area (Å²) in [4.78, 5) is 0. The van der Waals surface area contributed by atoms with Gasteiger partial charge in [-0.3, -0.25) is 0 Å². The van der Waals surface area contributed by atoms with E-state index >= 15 is 0 Å². The minimum atomic E-state index is 0.697. The molecule has 1 aromatic carbocycles. The summed E-state index contributed by atoms with van der Waals surface area (Å²) in [5, 5.41) is 2.92. The molecule has 0 saturated carbocycles.